The first-order chi connectivity index (χ1) is 63.1. The van der Waals surface area contributed by atoms with Crippen LogP contribution in [0, 0.1) is 0 Å². The van der Waals surface area contributed by atoms with E-state index in [4.69, 9.17) is 9.97 Å². The quantitative estimate of drug-likeness (QED) is 0.0960. The Morgan fingerprint density at radius 2 is 0.398 bits per heavy atom. The summed E-state index contributed by atoms with van der Waals surface area (Å²) in [6.45, 7) is 7.22. The number of para-hydroxylation sites is 4. The lowest BCUT2D eigenvalue weighted by molar-refractivity contribution is 1.18. The summed E-state index contributed by atoms with van der Waals surface area (Å²) < 4.78 is 9.66. The maximum Gasteiger partial charge on any atom is 0.0775 e. The van der Waals surface area contributed by atoms with Gasteiger partial charge in [-0.2, -0.15) is 0 Å². The molecule has 0 amide bonds. The van der Waals surface area contributed by atoms with Crippen molar-refractivity contribution in [1.29, 1.82) is 0 Å². The van der Waals surface area contributed by atoms with Crippen LogP contribution in [0.2, 0.25) is 19.6 Å². The van der Waals surface area contributed by atoms with Gasteiger partial charge in [0, 0.05) is 88.1 Å². The highest BCUT2D eigenvalue weighted by Crippen LogP contribution is 2.44. The Balaban J connectivity index is 0.000000148. The molecular weight excluding hydrogens is 1570 g/mol. The predicted molar refractivity (Wildman–Crippen MR) is 543 cm³/mol. The van der Waals surface area contributed by atoms with Gasteiger partial charge >= 0.3 is 0 Å². The Morgan fingerprint density at radius 1 is 0.148 bits per heavy atom. The van der Waals surface area contributed by atoms with Crippen molar-refractivity contribution < 1.29 is 0 Å². The first kappa shape index (κ1) is 76.6. The minimum atomic E-state index is -1.41. The smallest absolute Gasteiger partial charge is 0.0775 e. The summed E-state index contributed by atoms with van der Waals surface area (Å²) in [5.41, 5.74) is 36.3. The lowest BCUT2D eigenvalue weighted by atomic mass is 10.00. The summed E-state index contributed by atoms with van der Waals surface area (Å²) in [5, 5.41) is 11.4. The van der Waals surface area contributed by atoms with E-state index in [2.05, 4.69) is 505 Å². The van der Waals surface area contributed by atoms with Crippen LogP contribution >= 0.6 is 0 Å². The van der Waals surface area contributed by atoms with Crippen molar-refractivity contribution in [2.24, 2.45) is 0 Å². The minimum absolute atomic E-state index is 0.936. The Kier molecular flexibility index (Phi) is 19.2. The highest BCUT2D eigenvalue weighted by molar-refractivity contribution is 6.88. The number of fused-ring (bicyclic) bond motifs is 12. The number of benzene rings is 18. The summed E-state index contributed by atoms with van der Waals surface area (Å²) in [6.07, 6.45) is 0. The molecule has 128 heavy (non-hydrogen) atoms. The third-order valence-corrected chi connectivity index (χ3v) is 27.7. The van der Waals surface area contributed by atoms with Gasteiger partial charge in [-0.15, -0.1) is 0 Å². The van der Waals surface area contributed by atoms with Gasteiger partial charge in [0.25, 0.3) is 0 Å². The van der Waals surface area contributed by atoms with Crippen molar-refractivity contribution in [3.05, 3.63) is 467 Å². The van der Waals surface area contributed by atoms with E-state index in [0.717, 1.165) is 84.3 Å². The van der Waals surface area contributed by atoms with Gasteiger partial charge in [0.15, 0.2) is 0 Å². The van der Waals surface area contributed by atoms with Crippen LogP contribution in [-0.2, 0) is 0 Å². The van der Waals surface area contributed by atoms with Gasteiger partial charge in [-0.05, 0) is 200 Å². The van der Waals surface area contributed by atoms with E-state index in [-0.39, 0.29) is 0 Å². The van der Waals surface area contributed by atoms with Crippen LogP contribution in [0.15, 0.2) is 467 Å². The SMILES string of the molecule is C[Si](C)(C)c1ccc(-n2c3ccccc3c3cc(-c4ccc5c6ccccc6n(-c6cccc(-c7cc(-c8ccccc8)cc(-c8ccccc8)n7)c6)c5c4)ccc32)cc1.c1ccc(-c2ccc(-c3ccc(-n4c5ccccc5c5cc(-c6ccc7c8ccccc8n(-c8cccc(-c9cc(-c%10ccccc%10)cc(-c%10ccccc%10)n9)c8)c7c6)ccc54)cc3)cc2)cc1. The summed E-state index contributed by atoms with van der Waals surface area (Å²) in [5.74, 6) is 0. The molecule has 604 valence electrons. The van der Waals surface area contributed by atoms with E-state index in [9.17, 15) is 0 Å². The van der Waals surface area contributed by atoms with Crippen LogP contribution < -0.4 is 5.19 Å². The highest BCUT2D eigenvalue weighted by atomic mass is 28.3. The molecule has 6 aromatic heterocycles. The fourth-order valence-electron chi connectivity index (χ4n) is 19.2. The Labute approximate surface area is 744 Å². The minimum Gasteiger partial charge on any atom is -0.309 e. The van der Waals surface area contributed by atoms with E-state index < -0.39 is 8.07 Å². The van der Waals surface area contributed by atoms with Crippen molar-refractivity contribution in [2.45, 2.75) is 19.6 Å². The van der Waals surface area contributed by atoms with E-state index >= 15 is 0 Å². The van der Waals surface area contributed by atoms with E-state index in [1.165, 1.54) is 143 Å². The summed E-state index contributed by atoms with van der Waals surface area (Å²) >= 11 is 0. The third kappa shape index (κ3) is 14.0. The van der Waals surface area contributed by atoms with Gasteiger partial charge in [0.2, 0.25) is 0 Å². The number of hydrogen-bond donors (Lipinski definition) is 0. The molecule has 6 nitrogen and oxygen atoms in total. The molecule has 24 rings (SSSR count). The summed E-state index contributed by atoms with van der Waals surface area (Å²) in [7, 11) is -1.41. The molecule has 18 aromatic carbocycles. The van der Waals surface area contributed by atoms with Gasteiger partial charge in [-0.25, -0.2) is 9.97 Å². The standard InChI is InChI=1S/C65H43N3.C56H43N3Si/c1-4-15-44(16-5-1)46-27-29-47(30-28-46)48-31-35-54(36-32-48)67-63-26-13-11-24-57(63)59-40-50(34-38-64(59)67)51-33-37-58-56-23-10-12-25-62(56)68(65(58)43-51)55-22-14-21-52(39-55)61-42-53(45-17-6-2-7-18-45)41-60(66-61)49-19-8-3-9-20-49;1-60(2,3)46-29-27-44(28-30-46)58-54-24-13-11-22-48(54)50-34-40(26-32-55(50)58)41-25-31-49-47-21-10-12-23-53(47)59(56(49)37-41)45-20-14-19-42(33-45)52-36-43(38-15-6-4-7-16-38)35-51(57-52)39-17-8-5-9-18-39/h1-43H;4-37H,1-3H3. The second kappa shape index (κ2) is 32.1. The maximum atomic E-state index is 5.28. The average molecular weight is 1650 g/mol. The molecule has 0 aliphatic rings. The van der Waals surface area contributed by atoms with Crippen LogP contribution in [0.3, 0.4) is 0 Å². The molecule has 0 saturated heterocycles. The van der Waals surface area contributed by atoms with Crippen molar-refractivity contribution in [2.75, 3.05) is 0 Å². The topological polar surface area (TPSA) is 45.5 Å². The van der Waals surface area contributed by atoms with E-state index in [0.29, 0.717) is 0 Å². The summed E-state index contributed by atoms with van der Waals surface area (Å²) in [4.78, 5) is 10.6. The molecule has 0 spiro atoms. The molecule has 7 heteroatoms. The van der Waals surface area contributed by atoms with Crippen molar-refractivity contribution in [1.82, 2.24) is 28.2 Å². The van der Waals surface area contributed by atoms with Gasteiger partial charge in [-0.1, -0.05) is 358 Å². The first-order valence-corrected chi connectivity index (χ1v) is 47.6. The largest absolute Gasteiger partial charge is 0.309 e. The Morgan fingerprint density at radius 3 is 0.766 bits per heavy atom. The second-order valence-corrected chi connectivity index (χ2v) is 39.5. The maximum absolute atomic E-state index is 5.28. The van der Waals surface area contributed by atoms with Gasteiger partial charge in [-0.3, -0.25) is 0 Å². The molecule has 0 unspecified atom stereocenters. The lowest BCUT2D eigenvalue weighted by Gasteiger charge is -2.17. The van der Waals surface area contributed by atoms with E-state index in [1.54, 1.807) is 0 Å². The molecular formula is C121H86N6Si. The fourth-order valence-corrected chi connectivity index (χ4v) is 20.4. The van der Waals surface area contributed by atoms with Crippen LogP contribution in [0.1, 0.15) is 0 Å². The van der Waals surface area contributed by atoms with Crippen LogP contribution in [0.5, 0.6) is 0 Å². The first-order valence-electron chi connectivity index (χ1n) is 44.1. The zero-order valence-electron chi connectivity index (χ0n) is 71.1. The van der Waals surface area contributed by atoms with Gasteiger partial charge in [0.1, 0.15) is 0 Å². The van der Waals surface area contributed by atoms with Crippen LogP contribution in [-0.4, -0.2) is 36.3 Å². The molecule has 0 saturated carbocycles. The van der Waals surface area contributed by atoms with Crippen molar-refractivity contribution in [3.8, 4) is 135 Å². The van der Waals surface area contributed by atoms with Crippen molar-refractivity contribution >= 4 is 100 Å². The molecule has 0 aliphatic carbocycles. The Bertz CT molecular complexity index is 8230. The van der Waals surface area contributed by atoms with Crippen LogP contribution in [0.4, 0.5) is 0 Å². The molecule has 0 atom stereocenters. The van der Waals surface area contributed by atoms with Crippen LogP contribution in [0.25, 0.3) is 222 Å². The lowest BCUT2D eigenvalue weighted by Crippen LogP contribution is -2.37. The number of rotatable bonds is 15. The zero-order valence-corrected chi connectivity index (χ0v) is 72.1. The van der Waals surface area contributed by atoms with Gasteiger partial charge in [0.05, 0.1) is 75.0 Å². The number of nitrogens with zero attached hydrogens (tertiary/aromatic N) is 6. The zero-order chi connectivity index (χ0) is 85.3. The highest BCUT2D eigenvalue weighted by Gasteiger charge is 2.23. The molecule has 0 bridgehead atoms. The average Bonchev–Trinajstić information content (AvgIpc) is 1.59. The van der Waals surface area contributed by atoms with E-state index in [1.807, 2.05) is 0 Å². The molecule has 0 aliphatic heterocycles. The Hall–Kier alpha value is -16.3. The molecule has 0 radical (unpaired) electrons. The molecule has 6 heterocycles. The number of hydrogen-bond acceptors (Lipinski definition) is 2. The second-order valence-electron chi connectivity index (χ2n) is 34.4. The summed E-state index contributed by atoms with van der Waals surface area (Å²) in [6, 6.07) is 169. The molecule has 0 fully saturated rings. The molecule has 24 aromatic rings. The normalized spacial score (nSPS) is 11.7. The van der Waals surface area contributed by atoms with Gasteiger partial charge < -0.3 is 18.3 Å². The molecule has 0 N–H and O–H groups in total. The monoisotopic (exact) mass is 1650 g/mol. The third-order valence-electron chi connectivity index (χ3n) is 25.6. The predicted octanol–water partition coefficient (Wildman–Crippen LogP) is 31.8. The fraction of sp³-hybridized carbons (Fsp3) is 0.0248. The number of pyridine rings is 2. The van der Waals surface area contributed by atoms with Crippen molar-refractivity contribution in [3.63, 3.8) is 0 Å². The number of aromatic nitrogens is 6.